The Morgan fingerprint density at radius 3 is 2.69 bits per heavy atom. The van der Waals surface area contributed by atoms with Crippen LogP contribution in [0.15, 0.2) is 29.6 Å². The molecule has 0 spiro atoms. The Kier molecular flexibility index (Phi) is 3.85. The number of nitrogens with zero attached hydrogens (tertiary/aromatic N) is 1. The number of rotatable bonds is 4. The fourth-order valence-electron chi connectivity index (χ4n) is 1.27. The van der Waals surface area contributed by atoms with Crippen molar-refractivity contribution in [1.82, 2.24) is 4.98 Å². The highest BCUT2D eigenvalue weighted by molar-refractivity contribution is 7.79. The predicted octanol–water partition coefficient (Wildman–Crippen LogP) is 3.46. The summed E-state index contributed by atoms with van der Waals surface area (Å²) in [4.78, 5) is 4.38. The molecule has 1 aromatic heterocycles. The lowest BCUT2D eigenvalue weighted by molar-refractivity contribution is 0.305. The molecule has 2 nitrogen and oxygen atoms in total. The Bertz CT molecular complexity index is 450. The molecule has 2 rings (SSSR count). The molecule has 0 N–H and O–H groups in total. The van der Waals surface area contributed by atoms with Gasteiger partial charge >= 0.3 is 0 Å². The summed E-state index contributed by atoms with van der Waals surface area (Å²) in [6.45, 7) is 2.59. The Hall–Kier alpha value is -1.00. The van der Waals surface area contributed by atoms with E-state index in [9.17, 15) is 0 Å². The Morgan fingerprint density at radius 2 is 2.06 bits per heavy atom. The van der Waals surface area contributed by atoms with Gasteiger partial charge < -0.3 is 4.74 Å². The standard InChI is InChI=1S/C12H13NOS2/c1-9-2-4-11(5-3-9)14-6-12-13-10(7-15)8-16-12/h2-5,8,15H,6-7H2,1H3. The third kappa shape index (κ3) is 3.00. The van der Waals surface area contributed by atoms with Crippen LogP contribution in [0.25, 0.3) is 0 Å². The molecule has 16 heavy (non-hydrogen) atoms. The number of benzene rings is 1. The minimum absolute atomic E-state index is 0.529. The molecule has 0 unspecified atom stereocenters. The van der Waals surface area contributed by atoms with Crippen LogP contribution in [0.4, 0.5) is 0 Å². The third-order valence-corrected chi connectivity index (χ3v) is 3.34. The van der Waals surface area contributed by atoms with Gasteiger partial charge in [0.2, 0.25) is 0 Å². The first-order valence-electron chi connectivity index (χ1n) is 5.01. The van der Waals surface area contributed by atoms with Crippen LogP contribution in [0.5, 0.6) is 5.75 Å². The van der Waals surface area contributed by atoms with E-state index < -0.39 is 0 Å². The number of hydrogen-bond donors (Lipinski definition) is 1. The molecule has 0 atom stereocenters. The van der Waals surface area contributed by atoms with E-state index in [1.165, 1.54) is 5.56 Å². The quantitative estimate of drug-likeness (QED) is 0.841. The number of thiazole rings is 1. The van der Waals surface area contributed by atoms with Crippen molar-refractivity contribution < 1.29 is 4.74 Å². The van der Waals surface area contributed by atoms with Gasteiger partial charge in [0, 0.05) is 11.1 Å². The second kappa shape index (κ2) is 5.37. The molecule has 0 aliphatic heterocycles. The first-order chi connectivity index (χ1) is 7.78. The number of aryl methyl sites for hydroxylation is 1. The van der Waals surface area contributed by atoms with Crippen molar-refractivity contribution in [3.05, 3.63) is 45.9 Å². The van der Waals surface area contributed by atoms with Gasteiger partial charge in [-0.3, -0.25) is 0 Å². The van der Waals surface area contributed by atoms with E-state index in [2.05, 4.69) is 24.5 Å². The first kappa shape index (κ1) is 11.5. The van der Waals surface area contributed by atoms with Crippen molar-refractivity contribution in [3.8, 4) is 5.75 Å². The van der Waals surface area contributed by atoms with Gasteiger partial charge in [-0.2, -0.15) is 12.6 Å². The van der Waals surface area contributed by atoms with Crippen molar-refractivity contribution in [1.29, 1.82) is 0 Å². The number of ether oxygens (including phenoxy) is 1. The van der Waals surface area contributed by atoms with E-state index in [4.69, 9.17) is 4.74 Å². The fraction of sp³-hybridized carbons (Fsp3) is 0.250. The zero-order valence-electron chi connectivity index (χ0n) is 9.01. The largest absolute Gasteiger partial charge is 0.486 e. The molecule has 0 saturated heterocycles. The van der Waals surface area contributed by atoms with Crippen molar-refractivity contribution in [3.63, 3.8) is 0 Å². The summed E-state index contributed by atoms with van der Waals surface area (Å²) >= 11 is 5.79. The average molecular weight is 251 g/mol. The minimum Gasteiger partial charge on any atom is -0.486 e. The van der Waals surface area contributed by atoms with Gasteiger partial charge in [-0.25, -0.2) is 4.98 Å². The molecule has 84 valence electrons. The molecule has 0 bridgehead atoms. The highest BCUT2D eigenvalue weighted by Gasteiger charge is 2.01. The van der Waals surface area contributed by atoms with Crippen molar-refractivity contribution in [2.24, 2.45) is 0 Å². The molecule has 0 aliphatic carbocycles. The second-order valence-corrected chi connectivity index (χ2v) is 4.75. The zero-order valence-corrected chi connectivity index (χ0v) is 10.7. The van der Waals surface area contributed by atoms with Crippen LogP contribution in [0.1, 0.15) is 16.3 Å². The normalized spacial score (nSPS) is 10.4. The maximum absolute atomic E-state index is 5.63. The van der Waals surface area contributed by atoms with Gasteiger partial charge in [0.15, 0.2) is 0 Å². The van der Waals surface area contributed by atoms with E-state index in [1.54, 1.807) is 11.3 Å². The average Bonchev–Trinajstić information content (AvgIpc) is 2.76. The Balaban J connectivity index is 1.94. The molecule has 1 heterocycles. The fourth-order valence-corrected chi connectivity index (χ4v) is 2.26. The van der Waals surface area contributed by atoms with Crippen molar-refractivity contribution in [2.45, 2.75) is 19.3 Å². The van der Waals surface area contributed by atoms with Crippen LogP contribution in [-0.2, 0) is 12.4 Å². The van der Waals surface area contributed by atoms with Crippen LogP contribution in [0.2, 0.25) is 0 Å². The Labute approximate surface area is 105 Å². The Morgan fingerprint density at radius 1 is 1.31 bits per heavy atom. The van der Waals surface area contributed by atoms with Crippen LogP contribution in [0, 0.1) is 6.92 Å². The van der Waals surface area contributed by atoms with Crippen LogP contribution >= 0.6 is 24.0 Å². The lowest BCUT2D eigenvalue weighted by atomic mass is 10.2. The van der Waals surface area contributed by atoms with Crippen molar-refractivity contribution in [2.75, 3.05) is 0 Å². The third-order valence-electron chi connectivity index (χ3n) is 2.14. The predicted molar refractivity (Wildman–Crippen MR) is 70.3 cm³/mol. The van der Waals surface area contributed by atoms with Crippen LogP contribution < -0.4 is 4.74 Å². The smallest absolute Gasteiger partial charge is 0.140 e. The van der Waals surface area contributed by atoms with E-state index in [1.807, 2.05) is 29.6 Å². The topological polar surface area (TPSA) is 22.1 Å². The van der Waals surface area contributed by atoms with Gasteiger partial charge in [-0.1, -0.05) is 17.7 Å². The monoisotopic (exact) mass is 251 g/mol. The van der Waals surface area contributed by atoms with Crippen LogP contribution in [0.3, 0.4) is 0 Å². The molecule has 0 amide bonds. The number of hydrogen-bond acceptors (Lipinski definition) is 4. The number of thiol groups is 1. The molecule has 0 fully saturated rings. The molecular formula is C12H13NOS2. The maximum atomic E-state index is 5.63. The van der Waals surface area contributed by atoms with E-state index in [0.29, 0.717) is 12.4 Å². The van der Waals surface area contributed by atoms with Gasteiger partial charge in [0.25, 0.3) is 0 Å². The highest BCUT2D eigenvalue weighted by atomic mass is 32.1. The van der Waals surface area contributed by atoms with E-state index >= 15 is 0 Å². The number of aromatic nitrogens is 1. The SMILES string of the molecule is Cc1ccc(OCc2nc(CS)cs2)cc1. The van der Waals surface area contributed by atoms with Crippen molar-refractivity contribution >= 4 is 24.0 Å². The summed E-state index contributed by atoms with van der Waals surface area (Å²) < 4.78 is 5.63. The summed E-state index contributed by atoms with van der Waals surface area (Å²) in [6, 6.07) is 8.03. The summed E-state index contributed by atoms with van der Waals surface area (Å²) in [6.07, 6.45) is 0. The summed E-state index contributed by atoms with van der Waals surface area (Å²) in [5.74, 6) is 1.56. The molecular weight excluding hydrogens is 238 g/mol. The lowest BCUT2D eigenvalue weighted by Gasteiger charge is -2.03. The summed E-state index contributed by atoms with van der Waals surface area (Å²) in [5.41, 5.74) is 2.25. The molecule has 1 aromatic carbocycles. The molecule has 4 heteroatoms. The summed E-state index contributed by atoms with van der Waals surface area (Å²) in [7, 11) is 0. The summed E-state index contributed by atoms with van der Waals surface area (Å²) in [5, 5.41) is 3.01. The minimum atomic E-state index is 0.529. The highest BCUT2D eigenvalue weighted by Crippen LogP contribution is 2.16. The molecule has 0 aliphatic rings. The maximum Gasteiger partial charge on any atom is 0.140 e. The van der Waals surface area contributed by atoms with Gasteiger partial charge in [-0.15, -0.1) is 11.3 Å². The molecule has 0 saturated carbocycles. The van der Waals surface area contributed by atoms with E-state index in [-0.39, 0.29) is 0 Å². The van der Waals surface area contributed by atoms with Gasteiger partial charge in [0.05, 0.1) is 5.69 Å². The first-order valence-corrected chi connectivity index (χ1v) is 6.53. The zero-order chi connectivity index (χ0) is 11.4. The molecule has 0 radical (unpaired) electrons. The lowest BCUT2D eigenvalue weighted by Crippen LogP contribution is -1.95. The molecule has 2 aromatic rings. The van der Waals surface area contributed by atoms with Gasteiger partial charge in [0.1, 0.15) is 17.4 Å². The van der Waals surface area contributed by atoms with Crippen LogP contribution in [-0.4, -0.2) is 4.98 Å². The van der Waals surface area contributed by atoms with E-state index in [0.717, 1.165) is 16.5 Å². The van der Waals surface area contributed by atoms with Gasteiger partial charge in [-0.05, 0) is 19.1 Å². The second-order valence-electron chi connectivity index (χ2n) is 3.49.